The fourth-order valence-electron chi connectivity index (χ4n) is 1.75. The van der Waals surface area contributed by atoms with Gasteiger partial charge in [-0.25, -0.2) is 0 Å². The van der Waals surface area contributed by atoms with Crippen molar-refractivity contribution in [3.05, 3.63) is 82.3 Å². The number of hydrogen-bond donors (Lipinski definition) is 1. The SMILES string of the molecule is O=S(=O)(O)C(=Cc1ccccc1)S(=O)(=O)OC=Cc1ccccc1.[NaH].[NaH]. The molecule has 0 aliphatic rings. The fraction of sp³-hybridized carbons (Fsp3) is 0. The van der Waals surface area contributed by atoms with Crippen molar-refractivity contribution in [2.45, 2.75) is 0 Å². The maximum absolute atomic E-state index is 12.1. The van der Waals surface area contributed by atoms with Gasteiger partial charge in [-0.05, 0) is 23.3 Å². The molecule has 10 heteroatoms. The molecule has 2 aromatic carbocycles. The van der Waals surface area contributed by atoms with E-state index < -0.39 is 24.5 Å². The molecule has 0 radical (unpaired) electrons. The zero-order valence-electron chi connectivity index (χ0n) is 12.3. The fourth-order valence-corrected chi connectivity index (χ4v) is 3.76. The van der Waals surface area contributed by atoms with E-state index in [1.54, 1.807) is 48.5 Å². The van der Waals surface area contributed by atoms with Gasteiger partial charge in [0.25, 0.3) is 0 Å². The standard InChI is InChI=1S/C16H14O6S2.2Na.2H/c17-23(18,19)16(13-15-9-5-2-6-10-15)24(20,21)22-12-11-14-7-3-1-4-8-14;;;;/h1-13H,(H,17,18,19);;;;. The van der Waals surface area contributed by atoms with Crippen LogP contribution in [-0.2, 0) is 24.4 Å². The summed E-state index contributed by atoms with van der Waals surface area (Å²) in [7, 11) is -9.71. The molecule has 0 heterocycles. The molecule has 6 nitrogen and oxygen atoms in total. The van der Waals surface area contributed by atoms with Gasteiger partial charge in [0, 0.05) is 0 Å². The predicted octanol–water partition coefficient (Wildman–Crippen LogP) is 1.59. The van der Waals surface area contributed by atoms with E-state index >= 15 is 0 Å². The third-order valence-corrected chi connectivity index (χ3v) is 5.67. The molecule has 0 bridgehead atoms. The van der Waals surface area contributed by atoms with Crippen molar-refractivity contribution in [2.24, 2.45) is 0 Å². The first-order chi connectivity index (χ1) is 11.3. The van der Waals surface area contributed by atoms with Crippen molar-refractivity contribution in [1.29, 1.82) is 0 Å². The number of benzene rings is 2. The van der Waals surface area contributed by atoms with E-state index in [0.717, 1.165) is 12.3 Å². The summed E-state index contributed by atoms with van der Waals surface area (Å²) in [4.78, 5) is 0. The first-order valence-electron chi connectivity index (χ1n) is 6.68. The average Bonchev–Trinajstić information content (AvgIpc) is 2.53. The molecular weight excluding hydrogens is 398 g/mol. The van der Waals surface area contributed by atoms with Gasteiger partial charge in [0.05, 0.1) is 0 Å². The zero-order chi connectivity index (χ0) is 17.6. The van der Waals surface area contributed by atoms with Gasteiger partial charge in [0.2, 0.25) is 4.24 Å². The molecule has 0 fully saturated rings. The van der Waals surface area contributed by atoms with Crippen LogP contribution in [0.25, 0.3) is 12.2 Å². The Morgan fingerprint density at radius 1 is 0.808 bits per heavy atom. The Labute approximate surface area is 197 Å². The van der Waals surface area contributed by atoms with Gasteiger partial charge >= 0.3 is 79.4 Å². The number of hydrogen-bond acceptors (Lipinski definition) is 5. The van der Waals surface area contributed by atoms with E-state index in [9.17, 15) is 21.4 Å². The second-order valence-corrected chi connectivity index (χ2v) is 7.80. The van der Waals surface area contributed by atoms with Crippen LogP contribution in [0.3, 0.4) is 0 Å². The van der Waals surface area contributed by atoms with E-state index in [2.05, 4.69) is 4.18 Å². The zero-order valence-corrected chi connectivity index (χ0v) is 13.9. The summed E-state index contributed by atoms with van der Waals surface area (Å²) in [5, 5.41) is 0. The summed E-state index contributed by atoms with van der Waals surface area (Å²) < 4.78 is 59.6. The van der Waals surface area contributed by atoms with Gasteiger partial charge in [0.1, 0.15) is 6.26 Å². The van der Waals surface area contributed by atoms with Crippen LogP contribution in [0.1, 0.15) is 11.1 Å². The van der Waals surface area contributed by atoms with Crippen molar-refractivity contribution >= 4 is 91.5 Å². The van der Waals surface area contributed by atoms with E-state index in [1.807, 2.05) is 0 Å². The molecule has 0 saturated heterocycles. The molecular formula is C16H16Na2O6S2. The first-order valence-corrected chi connectivity index (χ1v) is 9.53. The van der Waals surface area contributed by atoms with Crippen molar-refractivity contribution in [1.82, 2.24) is 0 Å². The number of rotatable bonds is 6. The van der Waals surface area contributed by atoms with Crippen LogP contribution >= 0.6 is 0 Å². The van der Waals surface area contributed by atoms with E-state index in [0.29, 0.717) is 5.56 Å². The molecule has 0 aliphatic carbocycles. The van der Waals surface area contributed by atoms with Gasteiger partial charge in [-0.15, -0.1) is 0 Å². The normalized spacial score (nSPS) is 12.1. The van der Waals surface area contributed by atoms with E-state index in [1.165, 1.54) is 18.2 Å². The molecule has 0 unspecified atom stereocenters. The van der Waals surface area contributed by atoms with Gasteiger partial charge in [-0.3, -0.25) is 4.55 Å². The Bertz CT molecular complexity index is 954. The van der Waals surface area contributed by atoms with Crippen LogP contribution in [0.4, 0.5) is 0 Å². The summed E-state index contributed by atoms with van der Waals surface area (Å²) in [5.74, 6) is 0. The summed E-state index contributed by atoms with van der Waals surface area (Å²) >= 11 is 0. The molecule has 2 rings (SSSR count). The average molecular weight is 414 g/mol. The Morgan fingerprint density at radius 2 is 1.27 bits per heavy atom. The van der Waals surface area contributed by atoms with E-state index in [4.69, 9.17) is 0 Å². The van der Waals surface area contributed by atoms with Crippen molar-refractivity contribution < 1.29 is 25.6 Å². The van der Waals surface area contributed by atoms with Gasteiger partial charge in [-0.1, -0.05) is 60.7 Å². The molecule has 2 aromatic rings. The molecule has 0 aliphatic heterocycles. The summed E-state index contributed by atoms with van der Waals surface area (Å²) in [6.45, 7) is 0. The van der Waals surface area contributed by atoms with Crippen LogP contribution in [0.5, 0.6) is 0 Å². The van der Waals surface area contributed by atoms with Crippen LogP contribution in [0.2, 0.25) is 0 Å². The van der Waals surface area contributed by atoms with Crippen molar-refractivity contribution in [3.8, 4) is 0 Å². The van der Waals surface area contributed by atoms with Gasteiger partial charge < -0.3 is 4.18 Å². The van der Waals surface area contributed by atoms with Gasteiger partial charge in [-0.2, -0.15) is 16.8 Å². The topological polar surface area (TPSA) is 97.7 Å². The molecule has 0 aromatic heterocycles. The molecule has 0 atom stereocenters. The Morgan fingerprint density at radius 3 is 1.73 bits per heavy atom. The molecule has 0 saturated carbocycles. The minimum atomic E-state index is -5.00. The van der Waals surface area contributed by atoms with Crippen LogP contribution < -0.4 is 0 Å². The third-order valence-electron chi connectivity index (χ3n) is 2.83. The second-order valence-electron chi connectivity index (χ2n) is 4.61. The Kier molecular flexibility index (Phi) is 11.2. The molecule has 1 N–H and O–H groups in total. The molecule has 26 heavy (non-hydrogen) atoms. The second kappa shape index (κ2) is 11.4. The Hall–Kier alpha value is -0.420. The molecule has 130 valence electrons. The third kappa shape index (κ3) is 8.08. The van der Waals surface area contributed by atoms with E-state index in [-0.39, 0.29) is 64.7 Å². The maximum atomic E-state index is 12.1. The van der Waals surface area contributed by atoms with Crippen molar-refractivity contribution in [3.63, 3.8) is 0 Å². The minimum absolute atomic E-state index is 0. The predicted molar refractivity (Wildman–Crippen MR) is 106 cm³/mol. The first kappa shape index (κ1) is 25.6. The summed E-state index contributed by atoms with van der Waals surface area (Å²) in [6.07, 6.45) is 3.01. The molecule has 0 spiro atoms. The van der Waals surface area contributed by atoms with Gasteiger partial charge in [0.15, 0.2) is 0 Å². The van der Waals surface area contributed by atoms with Crippen molar-refractivity contribution in [2.75, 3.05) is 0 Å². The van der Waals surface area contributed by atoms with Crippen LogP contribution in [-0.4, -0.2) is 80.5 Å². The molecule has 0 amide bonds. The summed E-state index contributed by atoms with van der Waals surface area (Å²) in [6, 6.07) is 16.5. The van der Waals surface area contributed by atoms with Crippen LogP contribution in [0, 0.1) is 0 Å². The Balaban J connectivity index is 0.00000312. The monoisotopic (exact) mass is 414 g/mol. The summed E-state index contributed by atoms with van der Waals surface area (Å²) in [5.41, 5.74) is 0.942. The van der Waals surface area contributed by atoms with Crippen LogP contribution in [0.15, 0.2) is 71.2 Å². The quantitative estimate of drug-likeness (QED) is 0.334.